The van der Waals surface area contributed by atoms with Gasteiger partial charge in [0.15, 0.2) is 6.29 Å². The van der Waals surface area contributed by atoms with Gasteiger partial charge in [-0.15, -0.1) is 0 Å². The van der Waals surface area contributed by atoms with Crippen molar-refractivity contribution in [2.24, 2.45) is 0 Å². The maximum atomic E-state index is 11.1. The number of hydrogen-bond acceptors (Lipinski definition) is 3. The molecule has 1 aromatic carbocycles. The van der Waals surface area contributed by atoms with Crippen LogP contribution < -0.4 is 4.74 Å². The molecule has 0 amide bonds. The summed E-state index contributed by atoms with van der Waals surface area (Å²) >= 11 is 6.72. The van der Waals surface area contributed by atoms with Crippen LogP contribution in [0.15, 0.2) is 39.5 Å². The second kappa shape index (κ2) is 6.30. The van der Waals surface area contributed by atoms with Gasteiger partial charge in [0.1, 0.15) is 12.4 Å². The number of carbonyl (C=O) groups is 1. The van der Waals surface area contributed by atoms with E-state index in [9.17, 15) is 4.79 Å². The third-order valence-electron chi connectivity index (χ3n) is 2.54. The van der Waals surface area contributed by atoms with E-state index in [1.165, 1.54) is 0 Å². The lowest BCUT2D eigenvalue weighted by Crippen LogP contribution is -2.01. The predicted octanol–water partition coefficient (Wildman–Crippen LogP) is 4.31. The maximum absolute atomic E-state index is 11.1. The third kappa shape index (κ3) is 3.64. The summed E-state index contributed by atoms with van der Waals surface area (Å²) in [6.07, 6.45) is 4.25. The Hall–Kier alpha value is -1.20. The quantitative estimate of drug-likeness (QED) is 0.737. The summed E-state index contributed by atoms with van der Waals surface area (Å²) in [5.74, 6) is 0.609. The van der Waals surface area contributed by atoms with Gasteiger partial charge in [0.05, 0.1) is 5.56 Å². The van der Waals surface area contributed by atoms with E-state index < -0.39 is 0 Å². The second-order valence-electron chi connectivity index (χ2n) is 4.06. The van der Waals surface area contributed by atoms with Crippen LogP contribution >= 0.6 is 31.9 Å². The zero-order valence-electron chi connectivity index (χ0n) is 10.2. The summed E-state index contributed by atoms with van der Waals surface area (Å²) in [5, 5.41) is 0. The predicted molar refractivity (Wildman–Crippen MR) is 80.5 cm³/mol. The van der Waals surface area contributed by atoms with Crippen molar-refractivity contribution >= 4 is 38.1 Å². The van der Waals surface area contributed by atoms with Gasteiger partial charge < -0.3 is 4.74 Å². The van der Waals surface area contributed by atoms with E-state index in [1.54, 1.807) is 18.5 Å². The SMILES string of the molecule is Cc1cc(Br)cc(C=O)c1OCc1cncc(Br)c1. The average molecular weight is 385 g/mol. The van der Waals surface area contributed by atoms with Crippen molar-refractivity contribution in [3.8, 4) is 5.75 Å². The van der Waals surface area contributed by atoms with E-state index in [4.69, 9.17) is 4.74 Å². The van der Waals surface area contributed by atoms with Crippen LogP contribution in [-0.4, -0.2) is 11.3 Å². The first kappa shape index (κ1) is 14.2. The van der Waals surface area contributed by atoms with Gasteiger partial charge in [-0.3, -0.25) is 9.78 Å². The highest BCUT2D eigenvalue weighted by molar-refractivity contribution is 9.10. The molecule has 0 aliphatic rings. The molecule has 1 aromatic heterocycles. The van der Waals surface area contributed by atoms with Crippen LogP contribution in [-0.2, 0) is 6.61 Å². The average Bonchev–Trinajstić information content (AvgIpc) is 2.37. The van der Waals surface area contributed by atoms with Gasteiger partial charge >= 0.3 is 0 Å². The van der Waals surface area contributed by atoms with Gasteiger partial charge in [0, 0.05) is 26.9 Å². The van der Waals surface area contributed by atoms with Crippen LogP contribution in [0.1, 0.15) is 21.5 Å². The summed E-state index contributed by atoms with van der Waals surface area (Å²) in [4.78, 5) is 15.1. The van der Waals surface area contributed by atoms with Crippen molar-refractivity contribution in [1.82, 2.24) is 4.98 Å². The number of aromatic nitrogens is 1. The molecule has 3 nitrogen and oxygen atoms in total. The Balaban J connectivity index is 2.22. The van der Waals surface area contributed by atoms with E-state index in [0.29, 0.717) is 17.9 Å². The Labute approximate surface area is 128 Å². The summed E-state index contributed by atoms with van der Waals surface area (Å²) in [6.45, 7) is 2.28. The van der Waals surface area contributed by atoms with Crippen molar-refractivity contribution in [2.75, 3.05) is 0 Å². The lowest BCUT2D eigenvalue weighted by molar-refractivity contribution is 0.111. The Morgan fingerprint density at radius 3 is 2.68 bits per heavy atom. The number of hydrogen-bond donors (Lipinski definition) is 0. The van der Waals surface area contributed by atoms with Crippen molar-refractivity contribution in [3.05, 3.63) is 56.2 Å². The first-order chi connectivity index (χ1) is 9.10. The molecule has 0 spiro atoms. The molecule has 0 aliphatic carbocycles. The van der Waals surface area contributed by atoms with Gasteiger partial charge in [-0.25, -0.2) is 0 Å². The standard InChI is InChI=1S/C14H11Br2NO2/c1-9-2-12(15)4-11(7-18)14(9)19-8-10-3-13(16)6-17-5-10/h2-7H,8H2,1H3. The zero-order chi connectivity index (χ0) is 13.8. The Morgan fingerprint density at radius 1 is 1.21 bits per heavy atom. The monoisotopic (exact) mass is 383 g/mol. The summed E-state index contributed by atoms with van der Waals surface area (Å²) in [6, 6.07) is 5.60. The molecule has 0 unspecified atom stereocenters. The number of ether oxygens (including phenoxy) is 1. The highest BCUT2D eigenvalue weighted by Crippen LogP contribution is 2.27. The number of aryl methyl sites for hydroxylation is 1. The van der Waals surface area contributed by atoms with Crippen LogP contribution in [0, 0.1) is 6.92 Å². The van der Waals surface area contributed by atoms with E-state index in [-0.39, 0.29) is 0 Å². The van der Waals surface area contributed by atoms with Crippen LogP contribution in [0.4, 0.5) is 0 Å². The van der Waals surface area contributed by atoms with E-state index in [1.807, 2.05) is 19.1 Å². The number of halogens is 2. The smallest absolute Gasteiger partial charge is 0.153 e. The fraction of sp³-hybridized carbons (Fsp3) is 0.143. The molecule has 19 heavy (non-hydrogen) atoms. The minimum atomic E-state index is 0.371. The molecule has 0 radical (unpaired) electrons. The number of carbonyl (C=O) groups excluding carboxylic acids is 1. The molecular formula is C14H11Br2NO2. The Morgan fingerprint density at radius 2 is 2.00 bits per heavy atom. The van der Waals surface area contributed by atoms with Crippen LogP contribution in [0.3, 0.4) is 0 Å². The molecular weight excluding hydrogens is 374 g/mol. The normalized spacial score (nSPS) is 10.3. The molecule has 5 heteroatoms. The van der Waals surface area contributed by atoms with Gasteiger partial charge in [0.25, 0.3) is 0 Å². The second-order valence-corrected chi connectivity index (χ2v) is 5.89. The highest BCUT2D eigenvalue weighted by Gasteiger charge is 2.09. The van der Waals surface area contributed by atoms with E-state index >= 15 is 0 Å². The van der Waals surface area contributed by atoms with E-state index in [2.05, 4.69) is 36.8 Å². The van der Waals surface area contributed by atoms with Gasteiger partial charge in [-0.1, -0.05) is 15.9 Å². The van der Waals surface area contributed by atoms with Gasteiger partial charge in [0.2, 0.25) is 0 Å². The van der Waals surface area contributed by atoms with Gasteiger partial charge in [-0.2, -0.15) is 0 Å². The lowest BCUT2D eigenvalue weighted by Gasteiger charge is -2.12. The van der Waals surface area contributed by atoms with Crippen LogP contribution in [0.5, 0.6) is 5.75 Å². The molecule has 0 N–H and O–H groups in total. The van der Waals surface area contributed by atoms with Crippen molar-refractivity contribution in [1.29, 1.82) is 0 Å². The molecule has 1 heterocycles. The summed E-state index contributed by atoms with van der Waals surface area (Å²) in [7, 11) is 0. The summed E-state index contributed by atoms with van der Waals surface area (Å²) < 4.78 is 7.51. The molecule has 0 fully saturated rings. The number of pyridine rings is 1. The molecule has 0 saturated carbocycles. The number of rotatable bonds is 4. The largest absolute Gasteiger partial charge is 0.488 e. The molecule has 0 saturated heterocycles. The van der Waals surface area contributed by atoms with Crippen molar-refractivity contribution in [3.63, 3.8) is 0 Å². The first-order valence-electron chi connectivity index (χ1n) is 5.57. The molecule has 98 valence electrons. The van der Waals surface area contributed by atoms with Gasteiger partial charge in [-0.05, 0) is 46.6 Å². The minimum absolute atomic E-state index is 0.371. The molecule has 0 bridgehead atoms. The molecule has 2 aromatic rings. The van der Waals surface area contributed by atoms with Crippen LogP contribution in [0.25, 0.3) is 0 Å². The number of aldehydes is 1. The number of nitrogens with zero attached hydrogens (tertiary/aromatic N) is 1. The minimum Gasteiger partial charge on any atom is -0.488 e. The Kier molecular flexibility index (Phi) is 4.71. The molecule has 0 aliphatic heterocycles. The van der Waals surface area contributed by atoms with Crippen molar-refractivity contribution < 1.29 is 9.53 Å². The van der Waals surface area contributed by atoms with E-state index in [0.717, 1.165) is 26.4 Å². The topological polar surface area (TPSA) is 39.2 Å². The number of benzene rings is 1. The van der Waals surface area contributed by atoms with Crippen molar-refractivity contribution in [2.45, 2.75) is 13.5 Å². The Bertz CT molecular complexity index is 614. The summed E-state index contributed by atoms with van der Waals surface area (Å²) in [5.41, 5.74) is 2.39. The maximum Gasteiger partial charge on any atom is 0.153 e. The first-order valence-corrected chi connectivity index (χ1v) is 7.16. The van der Waals surface area contributed by atoms with Crippen LogP contribution in [0.2, 0.25) is 0 Å². The molecule has 2 rings (SSSR count). The lowest BCUT2D eigenvalue weighted by atomic mass is 10.1. The fourth-order valence-electron chi connectivity index (χ4n) is 1.73. The highest BCUT2D eigenvalue weighted by atomic mass is 79.9. The molecule has 0 atom stereocenters. The zero-order valence-corrected chi connectivity index (χ0v) is 13.4. The third-order valence-corrected chi connectivity index (χ3v) is 3.43. The fourth-order valence-corrected chi connectivity index (χ4v) is 2.73.